The normalized spacial score (nSPS) is 17.5. The van der Waals surface area contributed by atoms with E-state index in [0.29, 0.717) is 31.6 Å². The lowest BCUT2D eigenvalue weighted by molar-refractivity contribution is -0.272. The average molecular weight is 405 g/mol. The van der Waals surface area contributed by atoms with Gasteiger partial charge >= 0.3 is 6.18 Å². The molecule has 0 saturated heterocycles. The SMILES string of the molecule is CCNC(=NCCC(O)(c1nccn1C)C(F)(F)F)N(C)CCOCC1CC1. The van der Waals surface area contributed by atoms with Crippen LogP contribution in [0.4, 0.5) is 13.2 Å². The Hall–Kier alpha value is -1.81. The van der Waals surface area contributed by atoms with Crippen molar-refractivity contribution in [3.63, 3.8) is 0 Å². The molecule has 0 amide bonds. The summed E-state index contributed by atoms with van der Waals surface area (Å²) in [6.07, 6.45) is -0.440. The number of aromatic nitrogens is 2. The number of alkyl halides is 3. The largest absolute Gasteiger partial charge is 0.424 e. The number of halogens is 3. The molecule has 1 aliphatic rings. The van der Waals surface area contributed by atoms with Crippen LogP contribution in [0.15, 0.2) is 17.4 Å². The first-order valence-electron chi connectivity index (χ1n) is 9.53. The summed E-state index contributed by atoms with van der Waals surface area (Å²) >= 11 is 0. The topological polar surface area (TPSA) is 74.9 Å². The van der Waals surface area contributed by atoms with Crippen LogP contribution in [0.2, 0.25) is 0 Å². The van der Waals surface area contributed by atoms with Crippen LogP contribution in [0, 0.1) is 5.92 Å². The average Bonchev–Trinajstić information content (AvgIpc) is 3.35. The first-order chi connectivity index (χ1) is 13.2. The van der Waals surface area contributed by atoms with E-state index < -0.39 is 24.0 Å². The molecule has 1 aromatic rings. The molecule has 1 fully saturated rings. The molecular weight excluding hydrogens is 375 g/mol. The maximum Gasteiger partial charge on any atom is 0.424 e. The van der Waals surface area contributed by atoms with E-state index in [-0.39, 0.29) is 6.54 Å². The molecule has 1 heterocycles. The molecule has 0 spiro atoms. The van der Waals surface area contributed by atoms with Crippen LogP contribution in [-0.4, -0.2) is 71.6 Å². The highest BCUT2D eigenvalue weighted by molar-refractivity contribution is 5.79. The fourth-order valence-electron chi connectivity index (χ4n) is 2.78. The molecular formula is C18H30F3N5O2. The quantitative estimate of drug-likeness (QED) is 0.353. The fraction of sp³-hybridized carbons (Fsp3) is 0.778. The van der Waals surface area contributed by atoms with E-state index in [4.69, 9.17) is 4.74 Å². The van der Waals surface area contributed by atoms with Crippen molar-refractivity contribution < 1.29 is 23.0 Å². The second-order valence-electron chi connectivity index (χ2n) is 7.15. The van der Waals surface area contributed by atoms with E-state index >= 15 is 0 Å². The van der Waals surface area contributed by atoms with Crippen molar-refractivity contribution in [2.24, 2.45) is 18.0 Å². The van der Waals surface area contributed by atoms with Crippen LogP contribution in [0.25, 0.3) is 0 Å². The van der Waals surface area contributed by atoms with Gasteiger partial charge in [0.1, 0.15) is 5.82 Å². The van der Waals surface area contributed by atoms with Gasteiger partial charge in [0.25, 0.3) is 0 Å². The van der Waals surface area contributed by atoms with Crippen molar-refractivity contribution in [3.8, 4) is 0 Å². The van der Waals surface area contributed by atoms with Gasteiger partial charge in [0.05, 0.1) is 6.61 Å². The van der Waals surface area contributed by atoms with Gasteiger partial charge in [0.2, 0.25) is 5.60 Å². The summed E-state index contributed by atoms with van der Waals surface area (Å²) in [5.41, 5.74) is -3.06. The Balaban J connectivity index is 1.98. The van der Waals surface area contributed by atoms with Crippen molar-refractivity contribution in [2.75, 3.05) is 39.9 Å². The number of ether oxygens (including phenoxy) is 1. The molecule has 7 nitrogen and oxygen atoms in total. The molecule has 1 unspecified atom stereocenters. The highest BCUT2D eigenvalue weighted by Crippen LogP contribution is 2.40. The van der Waals surface area contributed by atoms with Crippen molar-refractivity contribution >= 4 is 5.96 Å². The smallest absolute Gasteiger partial charge is 0.379 e. The maximum atomic E-state index is 13.6. The molecule has 2 N–H and O–H groups in total. The lowest BCUT2D eigenvalue weighted by Crippen LogP contribution is -2.45. The first kappa shape index (κ1) is 22.5. The van der Waals surface area contributed by atoms with Gasteiger partial charge in [-0.15, -0.1) is 0 Å². The summed E-state index contributed by atoms with van der Waals surface area (Å²) in [5, 5.41) is 13.4. The molecule has 1 aromatic heterocycles. The third-order valence-corrected chi connectivity index (χ3v) is 4.71. The number of rotatable bonds is 10. The van der Waals surface area contributed by atoms with Crippen molar-refractivity contribution in [1.29, 1.82) is 0 Å². The highest BCUT2D eigenvalue weighted by Gasteiger charge is 2.57. The van der Waals surface area contributed by atoms with Gasteiger partial charge in [-0.3, -0.25) is 4.99 Å². The van der Waals surface area contributed by atoms with Gasteiger partial charge in [-0.05, 0) is 25.7 Å². The molecule has 28 heavy (non-hydrogen) atoms. The zero-order chi connectivity index (χ0) is 20.8. The van der Waals surface area contributed by atoms with E-state index in [1.165, 1.54) is 36.9 Å². The van der Waals surface area contributed by atoms with Crippen molar-refractivity contribution in [2.45, 2.75) is 38.0 Å². The molecule has 1 saturated carbocycles. The zero-order valence-corrected chi connectivity index (χ0v) is 16.7. The molecule has 0 aromatic carbocycles. The predicted molar refractivity (Wildman–Crippen MR) is 99.9 cm³/mol. The number of nitrogens with zero attached hydrogens (tertiary/aromatic N) is 4. The fourth-order valence-corrected chi connectivity index (χ4v) is 2.78. The molecule has 1 atom stereocenters. The minimum Gasteiger partial charge on any atom is -0.379 e. The predicted octanol–water partition coefficient (Wildman–Crippen LogP) is 1.88. The highest BCUT2D eigenvalue weighted by atomic mass is 19.4. The van der Waals surface area contributed by atoms with Crippen molar-refractivity contribution in [1.82, 2.24) is 19.8 Å². The Morgan fingerprint density at radius 3 is 2.71 bits per heavy atom. The van der Waals surface area contributed by atoms with E-state index in [1.54, 1.807) is 7.05 Å². The number of hydrogen-bond acceptors (Lipinski definition) is 4. The van der Waals surface area contributed by atoms with E-state index in [1.807, 2.05) is 11.8 Å². The van der Waals surface area contributed by atoms with Gasteiger partial charge < -0.3 is 24.6 Å². The van der Waals surface area contributed by atoms with Gasteiger partial charge in [0.15, 0.2) is 5.96 Å². The summed E-state index contributed by atoms with van der Waals surface area (Å²) in [7, 11) is 3.22. The number of aliphatic hydroxyl groups is 1. The van der Waals surface area contributed by atoms with Gasteiger partial charge in [-0.2, -0.15) is 13.2 Å². The van der Waals surface area contributed by atoms with Crippen LogP contribution in [-0.2, 0) is 17.4 Å². The second kappa shape index (κ2) is 9.60. The standard InChI is InChI=1S/C18H30F3N5O2/c1-4-22-16(26(3)11-12-28-13-14-5-6-14)24-8-7-17(27,18(19,20)21)15-23-9-10-25(15)2/h9-10,14,27H,4-8,11-13H2,1-3H3,(H,22,24). The third-order valence-electron chi connectivity index (χ3n) is 4.71. The van der Waals surface area contributed by atoms with Crippen LogP contribution >= 0.6 is 0 Å². The van der Waals surface area contributed by atoms with Gasteiger partial charge in [0, 0.05) is 59.2 Å². The van der Waals surface area contributed by atoms with E-state index in [2.05, 4.69) is 15.3 Å². The summed E-state index contributed by atoms with van der Waals surface area (Å²) in [6.45, 7) is 4.10. The Bertz CT molecular complexity index is 645. The van der Waals surface area contributed by atoms with E-state index in [9.17, 15) is 18.3 Å². The van der Waals surface area contributed by atoms with E-state index in [0.717, 1.165) is 6.61 Å². The zero-order valence-electron chi connectivity index (χ0n) is 16.7. The summed E-state index contributed by atoms with van der Waals surface area (Å²) in [5.74, 6) is 0.710. The third kappa shape index (κ3) is 5.84. The molecule has 0 aliphatic heterocycles. The molecule has 0 radical (unpaired) electrons. The summed E-state index contributed by atoms with van der Waals surface area (Å²) in [6, 6.07) is 0. The molecule has 160 valence electrons. The number of likely N-dealkylation sites (N-methyl/N-ethyl adjacent to an activating group) is 1. The Morgan fingerprint density at radius 1 is 1.46 bits per heavy atom. The van der Waals surface area contributed by atoms with Gasteiger partial charge in [-0.1, -0.05) is 0 Å². The number of guanidine groups is 1. The Labute approximate surface area is 163 Å². The molecule has 2 rings (SSSR count). The Morgan fingerprint density at radius 2 is 2.18 bits per heavy atom. The maximum absolute atomic E-state index is 13.6. The van der Waals surface area contributed by atoms with Crippen molar-refractivity contribution in [3.05, 3.63) is 18.2 Å². The molecule has 1 aliphatic carbocycles. The minimum absolute atomic E-state index is 0.210. The minimum atomic E-state index is -4.86. The van der Waals surface area contributed by atoms with Crippen LogP contribution in [0.1, 0.15) is 32.0 Å². The number of nitrogens with one attached hydrogen (secondary N) is 1. The number of imidazole rings is 1. The Kier molecular flexibility index (Phi) is 7.70. The molecule has 10 heteroatoms. The number of hydrogen-bond donors (Lipinski definition) is 2. The first-order valence-corrected chi connectivity index (χ1v) is 9.53. The second-order valence-corrected chi connectivity index (χ2v) is 7.15. The van der Waals surface area contributed by atoms with Crippen LogP contribution < -0.4 is 5.32 Å². The van der Waals surface area contributed by atoms with Crippen LogP contribution in [0.5, 0.6) is 0 Å². The lowest BCUT2D eigenvalue weighted by atomic mass is 9.98. The summed E-state index contributed by atoms with van der Waals surface area (Å²) in [4.78, 5) is 9.76. The van der Waals surface area contributed by atoms with Crippen LogP contribution in [0.3, 0.4) is 0 Å². The molecule has 0 bridgehead atoms. The van der Waals surface area contributed by atoms with Gasteiger partial charge in [-0.25, -0.2) is 4.98 Å². The monoisotopic (exact) mass is 405 g/mol. The number of aryl methyl sites for hydroxylation is 1. The number of aliphatic imine (C=N–C) groups is 1. The lowest BCUT2D eigenvalue weighted by Gasteiger charge is -2.29. The summed E-state index contributed by atoms with van der Waals surface area (Å²) < 4.78 is 47.5.